The highest BCUT2D eigenvalue weighted by atomic mass is 19.1. The summed E-state index contributed by atoms with van der Waals surface area (Å²) in [7, 11) is 1.83. The van der Waals surface area contributed by atoms with Gasteiger partial charge < -0.3 is 9.40 Å². The van der Waals surface area contributed by atoms with Gasteiger partial charge in [-0.05, 0) is 29.8 Å². The molecule has 0 saturated carbocycles. The Morgan fingerprint density at radius 3 is 2.76 bits per heavy atom. The van der Waals surface area contributed by atoms with Crippen LogP contribution in [-0.4, -0.2) is 27.3 Å². The molecule has 1 aliphatic rings. The summed E-state index contributed by atoms with van der Waals surface area (Å²) in [6.07, 6.45) is -0.415. The number of para-hydroxylation sites is 2. The van der Waals surface area contributed by atoms with Gasteiger partial charge in [-0.25, -0.2) is 9.37 Å². The molecule has 1 aromatic heterocycles. The molecule has 0 saturated heterocycles. The van der Waals surface area contributed by atoms with Crippen molar-refractivity contribution in [1.29, 1.82) is 0 Å². The van der Waals surface area contributed by atoms with Crippen LogP contribution in [0, 0.1) is 5.82 Å². The average Bonchev–Trinajstić information content (AvgIpc) is 3.22. The molecule has 1 atom stereocenters. The molecule has 1 unspecified atom stereocenters. The Kier molecular flexibility index (Phi) is 3.68. The molecule has 126 valence electrons. The van der Waals surface area contributed by atoms with E-state index in [9.17, 15) is 9.18 Å². The van der Waals surface area contributed by atoms with Crippen molar-refractivity contribution in [1.82, 2.24) is 9.55 Å². The molecule has 0 radical (unpaired) electrons. The van der Waals surface area contributed by atoms with Crippen molar-refractivity contribution in [2.24, 2.45) is 12.2 Å². The zero-order chi connectivity index (χ0) is 17.4. The highest BCUT2D eigenvalue weighted by Crippen LogP contribution is 2.21. The number of carbonyl (C=O) groups is 1. The molecule has 0 bridgehead atoms. The molecule has 1 amide bonds. The van der Waals surface area contributed by atoms with Gasteiger partial charge in [0.2, 0.25) is 12.1 Å². The van der Waals surface area contributed by atoms with Gasteiger partial charge >= 0.3 is 0 Å². The average molecular weight is 338 g/mol. The molecule has 2 aromatic carbocycles. The van der Waals surface area contributed by atoms with Gasteiger partial charge in [0.25, 0.3) is 5.91 Å². The van der Waals surface area contributed by atoms with E-state index in [1.165, 1.54) is 12.1 Å². The Morgan fingerprint density at radius 1 is 1.24 bits per heavy atom. The van der Waals surface area contributed by atoms with E-state index in [-0.39, 0.29) is 11.7 Å². The number of hydrogen-bond donors (Lipinski definition) is 1. The van der Waals surface area contributed by atoms with E-state index in [0.29, 0.717) is 18.1 Å². The molecule has 4 rings (SSSR count). The number of nitrogens with zero attached hydrogens (tertiary/aromatic N) is 3. The number of aromatic nitrogens is 2. The summed E-state index contributed by atoms with van der Waals surface area (Å²) in [6, 6.07) is 13.6. The SMILES string of the molecule is Cn1c(NC(=O)C2CC(c3ccc(F)cc3)=NO2)nc2ccccc21. The number of oxime groups is 1. The maximum Gasteiger partial charge on any atom is 0.271 e. The van der Waals surface area contributed by atoms with Gasteiger partial charge in [0.1, 0.15) is 5.82 Å². The first-order valence-electron chi connectivity index (χ1n) is 7.83. The van der Waals surface area contributed by atoms with E-state index >= 15 is 0 Å². The quantitative estimate of drug-likeness (QED) is 0.798. The Morgan fingerprint density at radius 2 is 2.00 bits per heavy atom. The maximum absolute atomic E-state index is 13.0. The minimum Gasteiger partial charge on any atom is -0.382 e. The summed E-state index contributed by atoms with van der Waals surface area (Å²) in [4.78, 5) is 22.1. The molecule has 25 heavy (non-hydrogen) atoms. The van der Waals surface area contributed by atoms with Gasteiger partial charge in [0.15, 0.2) is 0 Å². The second kappa shape index (κ2) is 6.01. The van der Waals surface area contributed by atoms with Crippen LogP contribution >= 0.6 is 0 Å². The molecule has 0 aliphatic carbocycles. The second-order valence-corrected chi connectivity index (χ2v) is 5.82. The van der Waals surface area contributed by atoms with Crippen LogP contribution in [0.3, 0.4) is 0 Å². The fourth-order valence-corrected chi connectivity index (χ4v) is 2.78. The lowest BCUT2D eigenvalue weighted by molar-refractivity contribution is -0.125. The lowest BCUT2D eigenvalue weighted by atomic mass is 10.0. The maximum atomic E-state index is 13.0. The van der Waals surface area contributed by atoms with Crippen LogP contribution in [0.1, 0.15) is 12.0 Å². The van der Waals surface area contributed by atoms with Crippen LogP contribution in [0.25, 0.3) is 11.0 Å². The van der Waals surface area contributed by atoms with E-state index in [2.05, 4.69) is 15.5 Å². The summed E-state index contributed by atoms with van der Waals surface area (Å²) in [6.45, 7) is 0. The molecular weight excluding hydrogens is 323 g/mol. The van der Waals surface area contributed by atoms with Gasteiger partial charge in [-0.2, -0.15) is 0 Å². The number of rotatable bonds is 3. The largest absolute Gasteiger partial charge is 0.382 e. The van der Waals surface area contributed by atoms with Crippen molar-refractivity contribution in [3.05, 3.63) is 59.9 Å². The van der Waals surface area contributed by atoms with Gasteiger partial charge in [0.05, 0.1) is 16.7 Å². The summed E-state index contributed by atoms with van der Waals surface area (Å²) >= 11 is 0. The van der Waals surface area contributed by atoms with Crippen LogP contribution in [0.2, 0.25) is 0 Å². The third-order valence-electron chi connectivity index (χ3n) is 4.16. The van der Waals surface area contributed by atoms with Crippen molar-refractivity contribution in [2.45, 2.75) is 12.5 Å². The van der Waals surface area contributed by atoms with Gasteiger partial charge in [-0.3, -0.25) is 10.1 Å². The Balaban J connectivity index is 1.47. The van der Waals surface area contributed by atoms with E-state index < -0.39 is 6.10 Å². The number of nitrogens with one attached hydrogen (secondary N) is 1. The Labute approximate surface area is 142 Å². The summed E-state index contributed by atoms with van der Waals surface area (Å²) in [5, 5.41) is 6.73. The van der Waals surface area contributed by atoms with Crippen molar-refractivity contribution in [3.8, 4) is 0 Å². The molecule has 7 heteroatoms. The van der Waals surface area contributed by atoms with Gasteiger partial charge in [0, 0.05) is 13.5 Å². The third-order valence-corrected chi connectivity index (χ3v) is 4.16. The van der Waals surface area contributed by atoms with E-state index in [1.54, 1.807) is 12.1 Å². The van der Waals surface area contributed by atoms with Gasteiger partial charge in [-0.1, -0.05) is 29.4 Å². The first kappa shape index (κ1) is 15.3. The Bertz CT molecular complexity index is 978. The number of benzene rings is 2. The number of carbonyl (C=O) groups excluding carboxylic acids is 1. The van der Waals surface area contributed by atoms with Crippen LogP contribution in [0.5, 0.6) is 0 Å². The van der Waals surface area contributed by atoms with Crippen LogP contribution in [0.15, 0.2) is 53.7 Å². The molecule has 1 N–H and O–H groups in total. The van der Waals surface area contributed by atoms with Crippen LogP contribution in [0.4, 0.5) is 10.3 Å². The van der Waals surface area contributed by atoms with E-state index in [1.807, 2.05) is 35.9 Å². The lowest BCUT2D eigenvalue weighted by Crippen LogP contribution is -2.29. The van der Waals surface area contributed by atoms with Crippen LogP contribution < -0.4 is 5.32 Å². The summed E-state index contributed by atoms with van der Waals surface area (Å²) in [5.41, 5.74) is 3.08. The molecule has 1 aliphatic heterocycles. The normalized spacial score (nSPS) is 16.6. The second-order valence-electron chi connectivity index (χ2n) is 5.82. The number of halogens is 1. The zero-order valence-corrected chi connectivity index (χ0v) is 13.4. The third kappa shape index (κ3) is 2.84. The highest BCUT2D eigenvalue weighted by molar-refractivity contribution is 6.06. The number of fused-ring (bicyclic) bond motifs is 1. The van der Waals surface area contributed by atoms with Crippen molar-refractivity contribution < 1.29 is 14.0 Å². The lowest BCUT2D eigenvalue weighted by Gasteiger charge is -2.09. The standard InChI is InChI=1S/C18H15FN4O2/c1-23-15-5-3-2-4-13(15)20-18(23)21-17(24)16-10-14(22-25-16)11-6-8-12(19)9-7-11/h2-9,16H,10H2,1H3,(H,20,21,24). The van der Waals surface area contributed by atoms with E-state index in [0.717, 1.165) is 16.6 Å². The molecule has 3 aromatic rings. The summed E-state index contributed by atoms with van der Waals surface area (Å²) in [5.74, 6) is -0.191. The first-order valence-corrected chi connectivity index (χ1v) is 7.83. The topological polar surface area (TPSA) is 68.5 Å². The van der Waals surface area contributed by atoms with Crippen molar-refractivity contribution in [2.75, 3.05) is 5.32 Å². The molecule has 6 nitrogen and oxygen atoms in total. The van der Waals surface area contributed by atoms with Crippen LogP contribution in [-0.2, 0) is 16.7 Å². The highest BCUT2D eigenvalue weighted by Gasteiger charge is 2.29. The fourth-order valence-electron chi connectivity index (χ4n) is 2.78. The minimum absolute atomic E-state index is 0.320. The number of hydrogen-bond acceptors (Lipinski definition) is 4. The molecule has 0 fully saturated rings. The monoisotopic (exact) mass is 338 g/mol. The number of anilines is 1. The Hall–Kier alpha value is -3.22. The minimum atomic E-state index is -0.736. The van der Waals surface area contributed by atoms with Gasteiger partial charge in [-0.15, -0.1) is 0 Å². The number of amides is 1. The predicted octanol–water partition coefficient (Wildman–Crippen LogP) is 2.84. The molecule has 0 spiro atoms. The van der Waals surface area contributed by atoms with Crippen molar-refractivity contribution >= 4 is 28.6 Å². The molecule has 2 heterocycles. The first-order chi connectivity index (χ1) is 12.1. The summed E-state index contributed by atoms with van der Waals surface area (Å²) < 4.78 is 14.8. The fraction of sp³-hybridized carbons (Fsp3) is 0.167. The number of aryl methyl sites for hydroxylation is 1. The molecular formula is C18H15FN4O2. The smallest absolute Gasteiger partial charge is 0.271 e. The number of imidazole rings is 1. The van der Waals surface area contributed by atoms with E-state index in [4.69, 9.17) is 4.84 Å². The van der Waals surface area contributed by atoms with Crippen molar-refractivity contribution in [3.63, 3.8) is 0 Å². The zero-order valence-electron chi connectivity index (χ0n) is 13.4. The predicted molar refractivity (Wildman–Crippen MR) is 91.8 cm³/mol.